The third kappa shape index (κ3) is 3.71. The lowest BCUT2D eigenvalue weighted by molar-refractivity contribution is 0.604. The predicted octanol–water partition coefficient (Wildman–Crippen LogP) is 2.75. The Morgan fingerprint density at radius 1 is 1.62 bits per heavy atom. The topological polar surface area (TPSA) is 52.9 Å². The molecule has 0 amide bonds. The highest BCUT2D eigenvalue weighted by molar-refractivity contribution is 7.84. The van der Waals surface area contributed by atoms with Crippen molar-refractivity contribution in [1.29, 1.82) is 5.26 Å². The maximum absolute atomic E-state index is 11.9. The van der Waals surface area contributed by atoms with E-state index in [2.05, 4.69) is 10.8 Å². The summed E-state index contributed by atoms with van der Waals surface area (Å²) in [4.78, 5) is 0. The lowest BCUT2D eigenvalue weighted by Crippen LogP contribution is -2.35. The zero-order valence-electron chi connectivity index (χ0n) is 9.69. The van der Waals surface area contributed by atoms with Gasteiger partial charge in [0.05, 0.1) is 34.3 Å². The average Bonchev–Trinajstić information content (AvgIpc) is 2.68. The quantitative estimate of drug-likeness (QED) is 0.900. The van der Waals surface area contributed by atoms with Crippen LogP contribution in [0.25, 0.3) is 0 Å². The van der Waals surface area contributed by atoms with Crippen molar-refractivity contribution >= 4 is 22.3 Å². The predicted molar refractivity (Wildman–Crippen MR) is 68.3 cm³/mol. The van der Waals surface area contributed by atoms with E-state index in [1.807, 2.05) is 37.6 Å². The molecule has 0 aliphatic heterocycles. The van der Waals surface area contributed by atoms with Crippen LogP contribution in [0.4, 0.5) is 0 Å². The fourth-order valence-electron chi connectivity index (χ4n) is 1.10. The van der Waals surface area contributed by atoms with Crippen LogP contribution >= 0.6 is 11.3 Å². The summed E-state index contributed by atoms with van der Waals surface area (Å²) < 4.78 is 14.6. The Morgan fingerprint density at radius 2 is 2.31 bits per heavy atom. The third-order valence-electron chi connectivity index (χ3n) is 2.05. The zero-order valence-corrected chi connectivity index (χ0v) is 11.3. The molecule has 1 heterocycles. The van der Waals surface area contributed by atoms with Gasteiger partial charge in [0.2, 0.25) is 0 Å². The molecule has 0 saturated carbocycles. The maximum Gasteiger partial charge on any atom is 0.0976 e. The van der Waals surface area contributed by atoms with Crippen LogP contribution in [0.15, 0.2) is 16.8 Å². The van der Waals surface area contributed by atoms with E-state index in [9.17, 15) is 4.21 Å². The van der Waals surface area contributed by atoms with Crippen molar-refractivity contribution in [2.45, 2.75) is 38.0 Å². The molecule has 1 unspecified atom stereocenters. The molecule has 0 aromatic carbocycles. The Bertz CT molecular complexity index is 387. The molecule has 0 fully saturated rings. The first-order valence-corrected chi connectivity index (χ1v) is 7.11. The van der Waals surface area contributed by atoms with Gasteiger partial charge >= 0.3 is 0 Å². The molecular weight excluding hydrogens is 240 g/mol. The van der Waals surface area contributed by atoms with Crippen LogP contribution in [-0.4, -0.2) is 8.96 Å². The highest BCUT2D eigenvalue weighted by atomic mass is 32.2. The number of nitrogens with one attached hydrogen (secondary N) is 1. The zero-order chi connectivity index (χ0) is 12.2. The van der Waals surface area contributed by atoms with Gasteiger partial charge in [-0.05, 0) is 43.2 Å². The summed E-state index contributed by atoms with van der Waals surface area (Å²) in [5, 5.41) is 12.7. The minimum atomic E-state index is -1.15. The summed E-state index contributed by atoms with van der Waals surface area (Å²) >= 11 is 1.58. The number of hydrogen-bond acceptors (Lipinski definition) is 3. The Kier molecular flexibility index (Phi) is 4.66. The van der Waals surface area contributed by atoms with Gasteiger partial charge in [0.1, 0.15) is 0 Å². The molecule has 0 saturated heterocycles. The molecule has 5 heteroatoms. The highest BCUT2D eigenvalue weighted by Crippen LogP contribution is 2.21. The molecule has 0 radical (unpaired) electrons. The van der Waals surface area contributed by atoms with Gasteiger partial charge in [-0.25, -0.2) is 8.93 Å². The average molecular weight is 256 g/mol. The van der Waals surface area contributed by atoms with E-state index < -0.39 is 11.0 Å². The van der Waals surface area contributed by atoms with E-state index in [0.29, 0.717) is 6.42 Å². The van der Waals surface area contributed by atoms with E-state index in [1.54, 1.807) is 11.3 Å². The summed E-state index contributed by atoms with van der Waals surface area (Å²) in [6.07, 6.45) is 0.332. The Morgan fingerprint density at radius 3 is 2.75 bits per heavy atom. The van der Waals surface area contributed by atoms with Crippen molar-refractivity contribution in [3.05, 3.63) is 22.4 Å². The molecule has 0 spiro atoms. The fourth-order valence-corrected chi connectivity index (χ4v) is 2.64. The SMILES string of the molecule is CC(C)(C)S(=O)N[C@H](CC#N)c1ccsc1. The van der Waals surface area contributed by atoms with E-state index in [-0.39, 0.29) is 10.8 Å². The van der Waals surface area contributed by atoms with Crippen LogP contribution in [0.1, 0.15) is 38.8 Å². The summed E-state index contributed by atoms with van der Waals surface area (Å²) in [5.41, 5.74) is 1.03. The van der Waals surface area contributed by atoms with E-state index in [0.717, 1.165) is 5.56 Å². The number of thiophene rings is 1. The first-order chi connectivity index (χ1) is 7.45. The molecule has 0 aliphatic rings. The van der Waals surface area contributed by atoms with Crippen molar-refractivity contribution in [2.24, 2.45) is 0 Å². The van der Waals surface area contributed by atoms with Crippen LogP contribution in [0.5, 0.6) is 0 Å². The van der Waals surface area contributed by atoms with Gasteiger partial charge < -0.3 is 0 Å². The Hall–Kier alpha value is -0.700. The number of nitrogens with zero attached hydrogens (tertiary/aromatic N) is 1. The van der Waals surface area contributed by atoms with Crippen molar-refractivity contribution in [3.8, 4) is 6.07 Å². The Labute approximate surface area is 103 Å². The first-order valence-electron chi connectivity index (χ1n) is 5.02. The molecule has 88 valence electrons. The molecule has 1 rings (SSSR count). The van der Waals surface area contributed by atoms with Crippen LogP contribution in [0, 0.1) is 11.3 Å². The first kappa shape index (κ1) is 13.4. The standard InChI is InChI=1S/C11H16N2OS2/c1-11(2,3)16(14)13-10(4-6-12)9-5-7-15-8-9/h5,7-8,10,13H,4H2,1-3H3/t10-,16?/m1/s1. The molecular formula is C11H16N2OS2. The highest BCUT2D eigenvalue weighted by Gasteiger charge is 2.23. The van der Waals surface area contributed by atoms with Crippen molar-refractivity contribution in [2.75, 3.05) is 0 Å². The van der Waals surface area contributed by atoms with E-state index in [1.165, 1.54) is 0 Å². The second-order valence-electron chi connectivity index (χ2n) is 4.47. The van der Waals surface area contributed by atoms with Gasteiger partial charge in [0.15, 0.2) is 0 Å². The van der Waals surface area contributed by atoms with Crippen molar-refractivity contribution in [3.63, 3.8) is 0 Å². The largest absolute Gasteiger partial charge is 0.242 e. The number of nitriles is 1. The van der Waals surface area contributed by atoms with Crippen LogP contribution in [-0.2, 0) is 11.0 Å². The van der Waals surface area contributed by atoms with Gasteiger partial charge in [-0.1, -0.05) is 0 Å². The summed E-state index contributed by atoms with van der Waals surface area (Å²) in [6, 6.07) is 3.94. The summed E-state index contributed by atoms with van der Waals surface area (Å²) in [7, 11) is -1.15. The molecule has 1 aromatic heterocycles. The molecule has 3 nitrogen and oxygen atoms in total. The van der Waals surface area contributed by atoms with Gasteiger partial charge in [0, 0.05) is 0 Å². The van der Waals surface area contributed by atoms with Gasteiger partial charge in [-0.2, -0.15) is 16.6 Å². The van der Waals surface area contributed by atoms with Crippen molar-refractivity contribution in [1.82, 2.24) is 4.72 Å². The molecule has 1 aromatic rings. The monoisotopic (exact) mass is 256 g/mol. The molecule has 0 aliphatic carbocycles. The minimum Gasteiger partial charge on any atom is -0.242 e. The van der Waals surface area contributed by atoms with Gasteiger partial charge in [0.25, 0.3) is 0 Å². The Balaban J connectivity index is 2.75. The van der Waals surface area contributed by atoms with Crippen LogP contribution in [0.3, 0.4) is 0 Å². The van der Waals surface area contributed by atoms with Gasteiger partial charge in [-0.3, -0.25) is 0 Å². The molecule has 2 atom stereocenters. The van der Waals surface area contributed by atoms with Crippen molar-refractivity contribution < 1.29 is 4.21 Å². The lowest BCUT2D eigenvalue weighted by Gasteiger charge is -2.22. The number of rotatable bonds is 4. The maximum atomic E-state index is 11.9. The van der Waals surface area contributed by atoms with Crippen LogP contribution in [0.2, 0.25) is 0 Å². The van der Waals surface area contributed by atoms with E-state index in [4.69, 9.17) is 5.26 Å². The minimum absolute atomic E-state index is 0.142. The third-order valence-corrected chi connectivity index (χ3v) is 4.36. The number of hydrogen-bond donors (Lipinski definition) is 1. The molecule has 16 heavy (non-hydrogen) atoms. The lowest BCUT2D eigenvalue weighted by atomic mass is 10.1. The summed E-state index contributed by atoms with van der Waals surface area (Å²) in [6.45, 7) is 5.73. The fraction of sp³-hybridized carbons (Fsp3) is 0.545. The smallest absolute Gasteiger partial charge is 0.0976 e. The summed E-state index contributed by atoms with van der Waals surface area (Å²) in [5.74, 6) is 0. The molecule has 0 bridgehead atoms. The normalized spacial score (nSPS) is 15.4. The second-order valence-corrected chi connectivity index (χ2v) is 7.25. The second kappa shape index (κ2) is 5.58. The van der Waals surface area contributed by atoms with Crippen LogP contribution < -0.4 is 4.72 Å². The molecule has 1 N–H and O–H groups in total. The van der Waals surface area contributed by atoms with Gasteiger partial charge in [-0.15, -0.1) is 0 Å². The van der Waals surface area contributed by atoms with E-state index >= 15 is 0 Å².